The SMILES string of the molecule is CCC(=O)O[C@@H]1[C@@H](OC(=O)CC)[C@@H](OC(=O)CC)CO[C@H]1O. The number of aliphatic hydroxyl groups excluding tert-OH is 1. The molecule has 1 rings (SSSR count). The summed E-state index contributed by atoms with van der Waals surface area (Å²) in [6.07, 6.45) is -4.45. The van der Waals surface area contributed by atoms with E-state index in [1.807, 2.05) is 0 Å². The molecule has 0 spiro atoms. The zero-order valence-electron chi connectivity index (χ0n) is 12.9. The second kappa shape index (κ2) is 8.70. The van der Waals surface area contributed by atoms with Crippen LogP contribution in [0.15, 0.2) is 0 Å². The maximum absolute atomic E-state index is 11.6. The van der Waals surface area contributed by atoms with E-state index in [-0.39, 0.29) is 25.9 Å². The summed E-state index contributed by atoms with van der Waals surface area (Å²) in [5, 5.41) is 9.85. The molecule has 22 heavy (non-hydrogen) atoms. The van der Waals surface area contributed by atoms with Gasteiger partial charge in [-0.3, -0.25) is 14.4 Å². The second-order valence-electron chi connectivity index (χ2n) is 4.72. The molecule has 1 fully saturated rings. The second-order valence-corrected chi connectivity index (χ2v) is 4.72. The van der Waals surface area contributed by atoms with Crippen molar-refractivity contribution in [2.75, 3.05) is 6.61 Å². The fourth-order valence-corrected chi connectivity index (χ4v) is 1.85. The van der Waals surface area contributed by atoms with Crippen LogP contribution in [0.5, 0.6) is 0 Å². The molecular weight excluding hydrogens is 296 g/mol. The first-order valence-corrected chi connectivity index (χ1v) is 7.30. The highest BCUT2D eigenvalue weighted by molar-refractivity contribution is 5.71. The molecule has 8 nitrogen and oxygen atoms in total. The van der Waals surface area contributed by atoms with Gasteiger partial charge in [0.25, 0.3) is 0 Å². The Hall–Kier alpha value is -1.67. The quantitative estimate of drug-likeness (QED) is 0.550. The molecule has 0 aromatic heterocycles. The van der Waals surface area contributed by atoms with E-state index in [9.17, 15) is 19.5 Å². The van der Waals surface area contributed by atoms with Gasteiger partial charge < -0.3 is 24.1 Å². The Labute approximate surface area is 128 Å². The molecule has 8 heteroatoms. The van der Waals surface area contributed by atoms with Gasteiger partial charge in [0, 0.05) is 19.3 Å². The minimum atomic E-state index is -1.46. The van der Waals surface area contributed by atoms with E-state index in [1.54, 1.807) is 20.8 Å². The van der Waals surface area contributed by atoms with Crippen molar-refractivity contribution in [1.29, 1.82) is 0 Å². The summed E-state index contributed by atoms with van der Waals surface area (Å²) in [7, 11) is 0. The first-order chi connectivity index (χ1) is 10.4. The van der Waals surface area contributed by atoms with Crippen molar-refractivity contribution in [2.24, 2.45) is 0 Å². The van der Waals surface area contributed by atoms with Gasteiger partial charge in [0.05, 0.1) is 6.61 Å². The Balaban J connectivity index is 2.92. The lowest BCUT2D eigenvalue weighted by molar-refractivity contribution is -0.268. The number of carbonyl (C=O) groups is 3. The average Bonchev–Trinajstić information content (AvgIpc) is 2.52. The molecule has 4 atom stereocenters. The lowest BCUT2D eigenvalue weighted by Gasteiger charge is -2.38. The summed E-state index contributed by atoms with van der Waals surface area (Å²) < 4.78 is 20.5. The van der Waals surface area contributed by atoms with Crippen LogP contribution in [0.2, 0.25) is 0 Å². The minimum Gasteiger partial charge on any atom is -0.456 e. The monoisotopic (exact) mass is 318 g/mol. The van der Waals surface area contributed by atoms with Gasteiger partial charge in [0.2, 0.25) is 0 Å². The van der Waals surface area contributed by atoms with Crippen LogP contribution in [0.1, 0.15) is 40.0 Å². The Morgan fingerprint density at radius 3 is 1.86 bits per heavy atom. The fourth-order valence-electron chi connectivity index (χ4n) is 1.85. The number of carbonyl (C=O) groups excluding carboxylic acids is 3. The fraction of sp³-hybridized carbons (Fsp3) is 0.786. The predicted octanol–water partition coefficient (Wildman–Crippen LogP) is 0.300. The molecule has 0 amide bonds. The molecule has 0 bridgehead atoms. The third kappa shape index (κ3) is 4.96. The predicted molar refractivity (Wildman–Crippen MR) is 72.5 cm³/mol. The van der Waals surface area contributed by atoms with E-state index in [2.05, 4.69) is 0 Å². The van der Waals surface area contributed by atoms with Crippen LogP contribution in [0.3, 0.4) is 0 Å². The molecule has 1 N–H and O–H groups in total. The highest BCUT2D eigenvalue weighted by atomic mass is 16.7. The van der Waals surface area contributed by atoms with Gasteiger partial charge >= 0.3 is 17.9 Å². The van der Waals surface area contributed by atoms with Crippen LogP contribution in [0.4, 0.5) is 0 Å². The number of rotatable bonds is 6. The van der Waals surface area contributed by atoms with Crippen molar-refractivity contribution in [3.05, 3.63) is 0 Å². The van der Waals surface area contributed by atoms with Crippen LogP contribution in [0, 0.1) is 0 Å². The molecule has 0 radical (unpaired) electrons. The van der Waals surface area contributed by atoms with E-state index in [1.165, 1.54) is 0 Å². The number of hydrogen-bond donors (Lipinski definition) is 1. The number of esters is 3. The van der Waals surface area contributed by atoms with E-state index in [4.69, 9.17) is 18.9 Å². The smallest absolute Gasteiger partial charge is 0.306 e. The Bertz CT molecular complexity index is 408. The maximum Gasteiger partial charge on any atom is 0.306 e. The molecule has 0 aliphatic carbocycles. The summed E-state index contributed by atoms with van der Waals surface area (Å²) in [6, 6.07) is 0. The van der Waals surface area contributed by atoms with Crippen molar-refractivity contribution in [2.45, 2.75) is 64.6 Å². The molecule has 126 valence electrons. The number of aliphatic hydroxyl groups is 1. The van der Waals surface area contributed by atoms with Gasteiger partial charge in [-0.2, -0.15) is 0 Å². The Morgan fingerprint density at radius 2 is 1.36 bits per heavy atom. The highest BCUT2D eigenvalue weighted by Gasteiger charge is 2.46. The first kappa shape index (κ1) is 18.4. The Kier molecular flexibility index (Phi) is 7.26. The van der Waals surface area contributed by atoms with Gasteiger partial charge in [-0.1, -0.05) is 20.8 Å². The Morgan fingerprint density at radius 1 is 0.909 bits per heavy atom. The highest BCUT2D eigenvalue weighted by Crippen LogP contribution is 2.24. The molecule has 1 aliphatic rings. The average molecular weight is 318 g/mol. The zero-order valence-corrected chi connectivity index (χ0v) is 12.9. The lowest BCUT2D eigenvalue weighted by Crippen LogP contribution is -2.57. The normalized spacial score (nSPS) is 27.8. The van der Waals surface area contributed by atoms with E-state index >= 15 is 0 Å². The number of hydrogen-bond acceptors (Lipinski definition) is 8. The third-order valence-corrected chi connectivity index (χ3v) is 3.09. The summed E-state index contributed by atoms with van der Waals surface area (Å²) in [6.45, 7) is 4.63. The van der Waals surface area contributed by atoms with Crippen molar-refractivity contribution < 1.29 is 38.4 Å². The van der Waals surface area contributed by atoms with Gasteiger partial charge in [-0.15, -0.1) is 0 Å². The van der Waals surface area contributed by atoms with Crippen LogP contribution < -0.4 is 0 Å². The molecular formula is C14H22O8. The van der Waals surface area contributed by atoms with Crippen LogP contribution >= 0.6 is 0 Å². The molecule has 1 saturated heterocycles. The molecule has 0 unspecified atom stereocenters. The molecule has 1 heterocycles. The zero-order chi connectivity index (χ0) is 16.7. The molecule has 0 aromatic carbocycles. The van der Waals surface area contributed by atoms with Gasteiger partial charge in [0.15, 0.2) is 24.6 Å². The van der Waals surface area contributed by atoms with E-state index < -0.39 is 42.5 Å². The standard InChI is InChI=1S/C14H22O8/c1-4-9(15)20-8-7-19-14(18)13(22-11(17)6-3)12(8)21-10(16)5-2/h8,12-14,18H,4-7H2,1-3H3/t8-,12-,13+,14+/m0/s1. The van der Waals surface area contributed by atoms with Crippen molar-refractivity contribution in [3.8, 4) is 0 Å². The van der Waals surface area contributed by atoms with Gasteiger partial charge in [-0.05, 0) is 0 Å². The summed E-state index contributed by atoms with van der Waals surface area (Å²) in [5.74, 6) is -1.66. The first-order valence-electron chi connectivity index (χ1n) is 7.30. The van der Waals surface area contributed by atoms with Crippen LogP contribution in [-0.4, -0.2) is 54.2 Å². The minimum absolute atomic E-state index is 0.0804. The largest absolute Gasteiger partial charge is 0.456 e. The van der Waals surface area contributed by atoms with Crippen LogP contribution in [0.25, 0.3) is 0 Å². The van der Waals surface area contributed by atoms with E-state index in [0.717, 1.165) is 0 Å². The van der Waals surface area contributed by atoms with Gasteiger partial charge in [-0.25, -0.2) is 0 Å². The summed E-state index contributed by atoms with van der Waals surface area (Å²) >= 11 is 0. The lowest BCUT2D eigenvalue weighted by atomic mass is 10.0. The maximum atomic E-state index is 11.6. The molecule has 0 saturated carbocycles. The number of ether oxygens (including phenoxy) is 4. The molecule has 1 aliphatic heterocycles. The van der Waals surface area contributed by atoms with Gasteiger partial charge in [0.1, 0.15) is 0 Å². The topological polar surface area (TPSA) is 108 Å². The summed E-state index contributed by atoms with van der Waals surface area (Å²) in [4.78, 5) is 34.5. The third-order valence-electron chi connectivity index (χ3n) is 3.09. The van der Waals surface area contributed by atoms with Crippen LogP contribution in [-0.2, 0) is 33.3 Å². The summed E-state index contributed by atoms with van der Waals surface area (Å²) in [5.41, 5.74) is 0. The van der Waals surface area contributed by atoms with Crippen molar-refractivity contribution in [1.82, 2.24) is 0 Å². The van der Waals surface area contributed by atoms with E-state index in [0.29, 0.717) is 0 Å². The van der Waals surface area contributed by atoms with Crippen molar-refractivity contribution >= 4 is 17.9 Å². The van der Waals surface area contributed by atoms with Crippen molar-refractivity contribution in [3.63, 3.8) is 0 Å². The molecule has 0 aromatic rings.